The first-order valence-electron chi connectivity index (χ1n) is 5.63. The molecule has 0 bridgehead atoms. The fourth-order valence-corrected chi connectivity index (χ4v) is 1.83. The lowest BCUT2D eigenvalue weighted by Gasteiger charge is -2.00. The fourth-order valence-electron chi connectivity index (χ4n) is 1.56. The van der Waals surface area contributed by atoms with Crippen LogP contribution >= 0.6 is 15.9 Å². The van der Waals surface area contributed by atoms with Crippen LogP contribution in [0.5, 0.6) is 5.75 Å². The second-order valence-corrected chi connectivity index (χ2v) is 4.95. The van der Waals surface area contributed by atoms with Gasteiger partial charge in [0, 0.05) is 10.0 Å². The van der Waals surface area contributed by atoms with E-state index in [9.17, 15) is 13.6 Å². The molecule has 1 N–H and O–H groups in total. The smallest absolute Gasteiger partial charge is 0.187 e. The average molecular weight is 339 g/mol. The Balaban J connectivity index is 2.21. The molecule has 2 rings (SSSR count). The van der Waals surface area contributed by atoms with Crippen LogP contribution in [0.15, 0.2) is 46.9 Å². The van der Waals surface area contributed by atoms with E-state index in [2.05, 4.69) is 15.9 Å². The molecule has 0 aliphatic carbocycles. The first-order chi connectivity index (χ1) is 9.47. The molecule has 102 valence electrons. The first kappa shape index (κ1) is 14.4. The molecule has 0 amide bonds. The van der Waals surface area contributed by atoms with Gasteiger partial charge in [-0.3, -0.25) is 4.79 Å². The van der Waals surface area contributed by atoms with Crippen LogP contribution in [0.4, 0.5) is 8.78 Å². The molecule has 0 saturated carbocycles. The second kappa shape index (κ2) is 5.96. The SMILES string of the molecule is O=C(C=Cc1cc(F)c(O)c(F)c1)c1ccc(Br)cc1. The lowest BCUT2D eigenvalue weighted by atomic mass is 10.1. The minimum atomic E-state index is -1.07. The minimum absolute atomic E-state index is 0.156. The molecule has 5 heteroatoms. The van der Waals surface area contributed by atoms with Crippen LogP contribution in [0.3, 0.4) is 0 Å². The Labute approximate surface area is 122 Å². The van der Waals surface area contributed by atoms with Gasteiger partial charge in [-0.1, -0.05) is 22.0 Å². The van der Waals surface area contributed by atoms with Crippen molar-refractivity contribution < 1.29 is 18.7 Å². The number of rotatable bonds is 3. The third-order valence-corrected chi connectivity index (χ3v) is 3.12. The predicted octanol–water partition coefficient (Wildman–Crippen LogP) is 4.33. The van der Waals surface area contributed by atoms with Gasteiger partial charge in [0.15, 0.2) is 23.2 Å². The number of hydrogen-bond donors (Lipinski definition) is 1. The molecule has 0 heterocycles. The monoisotopic (exact) mass is 338 g/mol. The normalized spacial score (nSPS) is 10.9. The largest absolute Gasteiger partial charge is 0.503 e. The molecule has 0 atom stereocenters. The molecule has 2 nitrogen and oxygen atoms in total. The van der Waals surface area contributed by atoms with E-state index in [0.29, 0.717) is 5.56 Å². The van der Waals surface area contributed by atoms with Gasteiger partial charge in [0.1, 0.15) is 0 Å². The summed E-state index contributed by atoms with van der Waals surface area (Å²) >= 11 is 3.26. The van der Waals surface area contributed by atoms with Crippen LogP contribution in [0.1, 0.15) is 15.9 Å². The van der Waals surface area contributed by atoms with Crippen molar-refractivity contribution in [2.75, 3.05) is 0 Å². The van der Waals surface area contributed by atoms with E-state index in [4.69, 9.17) is 5.11 Å². The molecule has 0 spiro atoms. The number of carbonyl (C=O) groups excluding carboxylic acids is 1. The molecule has 0 aliphatic rings. The zero-order valence-electron chi connectivity index (χ0n) is 10.1. The highest BCUT2D eigenvalue weighted by atomic mass is 79.9. The number of allylic oxidation sites excluding steroid dienone is 1. The van der Waals surface area contributed by atoms with E-state index >= 15 is 0 Å². The predicted molar refractivity (Wildman–Crippen MR) is 75.5 cm³/mol. The number of phenols is 1. The molecule has 0 aromatic heterocycles. The second-order valence-electron chi connectivity index (χ2n) is 4.04. The summed E-state index contributed by atoms with van der Waals surface area (Å²) in [5.41, 5.74) is 0.618. The molecule has 0 saturated heterocycles. The summed E-state index contributed by atoms with van der Waals surface area (Å²) in [5.74, 6) is -3.45. The maximum atomic E-state index is 13.1. The van der Waals surface area contributed by atoms with E-state index in [0.717, 1.165) is 16.6 Å². The quantitative estimate of drug-likeness (QED) is 0.668. The van der Waals surface area contributed by atoms with Crippen LogP contribution in [-0.4, -0.2) is 10.9 Å². The number of carbonyl (C=O) groups is 1. The highest BCUT2D eigenvalue weighted by Gasteiger charge is 2.08. The van der Waals surface area contributed by atoms with Crippen molar-refractivity contribution in [2.45, 2.75) is 0 Å². The maximum Gasteiger partial charge on any atom is 0.187 e. The zero-order chi connectivity index (χ0) is 14.7. The van der Waals surface area contributed by atoms with E-state index in [1.54, 1.807) is 24.3 Å². The van der Waals surface area contributed by atoms with Crippen molar-refractivity contribution in [3.63, 3.8) is 0 Å². The lowest BCUT2D eigenvalue weighted by molar-refractivity contribution is 0.104. The van der Waals surface area contributed by atoms with Crippen molar-refractivity contribution >= 4 is 27.8 Å². The Kier molecular flexibility index (Phi) is 4.29. The van der Waals surface area contributed by atoms with Gasteiger partial charge in [-0.2, -0.15) is 0 Å². The number of ketones is 1. The van der Waals surface area contributed by atoms with Crippen LogP contribution < -0.4 is 0 Å². The Morgan fingerprint density at radius 1 is 1.10 bits per heavy atom. The Morgan fingerprint density at radius 3 is 2.20 bits per heavy atom. The lowest BCUT2D eigenvalue weighted by Crippen LogP contribution is -1.93. The topological polar surface area (TPSA) is 37.3 Å². The minimum Gasteiger partial charge on any atom is -0.503 e. The van der Waals surface area contributed by atoms with Crippen LogP contribution in [0.2, 0.25) is 0 Å². The van der Waals surface area contributed by atoms with Gasteiger partial charge >= 0.3 is 0 Å². The number of aromatic hydroxyl groups is 1. The molecule has 20 heavy (non-hydrogen) atoms. The molecular formula is C15H9BrF2O2. The maximum absolute atomic E-state index is 13.1. The van der Waals surface area contributed by atoms with Crippen molar-refractivity contribution in [1.29, 1.82) is 0 Å². The summed E-state index contributed by atoms with van der Waals surface area (Å²) in [6, 6.07) is 8.61. The van der Waals surface area contributed by atoms with Crippen molar-refractivity contribution in [3.05, 3.63) is 69.7 Å². The molecular weight excluding hydrogens is 330 g/mol. The average Bonchev–Trinajstić information content (AvgIpc) is 2.42. The summed E-state index contributed by atoms with van der Waals surface area (Å²) in [6.45, 7) is 0. The van der Waals surface area contributed by atoms with E-state index < -0.39 is 17.4 Å². The molecule has 0 aliphatic heterocycles. The Hall–Kier alpha value is -2.01. The number of benzene rings is 2. The standard InChI is InChI=1S/C15H9BrF2O2/c16-11-4-2-10(3-5-11)14(19)6-1-9-7-12(17)15(20)13(18)8-9/h1-8,20H. The number of halogens is 3. The first-order valence-corrected chi connectivity index (χ1v) is 6.42. The van der Waals surface area contributed by atoms with Crippen molar-refractivity contribution in [2.24, 2.45) is 0 Å². The van der Waals surface area contributed by atoms with E-state index in [1.807, 2.05) is 0 Å². The molecule has 0 unspecified atom stereocenters. The van der Waals surface area contributed by atoms with Gasteiger partial charge in [-0.15, -0.1) is 0 Å². The highest BCUT2D eigenvalue weighted by Crippen LogP contribution is 2.22. The van der Waals surface area contributed by atoms with Gasteiger partial charge in [0.05, 0.1) is 0 Å². The summed E-state index contributed by atoms with van der Waals surface area (Å²) in [6.07, 6.45) is 2.50. The molecule has 0 fully saturated rings. The van der Waals surface area contributed by atoms with Crippen LogP contribution in [0, 0.1) is 11.6 Å². The molecule has 2 aromatic rings. The Bertz CT molecular complexity index is 656. The fraction of sp³-hybridized carbons (Fsp3) is 0. The van der Waals surface area contributed by atoms with Gasteiger partial charge in [-0.05, 0) is 48.0 Å². The van der Waals surface area contributed by atoms with Gasteiger partial charge in [-0.25, -0.2) is 8.78 Å². The van der Waals surface area contributed by atoms with Crippen molar-refractivity contribution in [1.82, 2.24) is 0 Å². The number of hydrogen-bond acceptors (Lipinski definition) is 2. The third-order valence-electron chi connectivity index (χ3n) is 2.60. The van der Waals surface area contributed by atoms with Gasteiger partial charge in [0.2, 0.25) is 0 Å². The van der Waals surface area contributed by atoms with Crippen molar-refractivity contribution in [3.8, 4) is 5.75 Å². The summed E-state index contributed by atoms with van der Waals surface area (Å²) in [4.78, 5) is 11.8. The zero-order valence-corrected chi connectivity index (χ0v) is 11.7. The van der Waals surface area contributed by atoms with Crippen LogP contribution in [0.25, 0.3) is 6.08 Å². The number of phenolic OH excluding ortho intramolecular Hbond substituents is 1. The summed E-state index contributed by atoms with van der Waals surface area (Å²) < 4.78 is 27.1. The van der Waals surface area contributed by atoms with Crippen LogP contribution in [-0.2, 0) is 0 Å². The van der Waals surface area contributed by atoms with E-state index in [1.165, 1.54) is 12.2 Å². The third kappa shape index (κ3) is 3.30. The van der Waals surface area contributed by atoms with E-state index in [-0.39, 0.29) is 11.3 Å². The Morgan fingerprint density at radius 2 is 1.65 bits per heavy atom. The summed E-state index contributed by atoms with van der Waals surface area (Å²) in [7, 11) is 0. The summed E-state index contributed by atoms with van der Waals surface area (Å²) in [5, 5.41) is 8.97. The molecule has 0 radical (unpaired) electrons. The highest BCUT2D eigenvalue weighted by molar-refractivity contribution is 9.10. The molecule has 2 aromatic carbocycles. The van der Waals surface area contributed by atoms with Gasteiger partial charge < -0.3 is 5.11 Å². The van der Waals surface area contributed by atoms with Gasteiger partial charge in [0.25, 0.3) is 0 Å².